The molecule has 0 amide bonds. The van der Waals surface area contributed by atoms with Crippen LogP contribution in [0.15, 0.2) is 0 Å². The van der Waals surface area contributed by atoms with Gasteiger partial charge in [-0.2, -0.15) is 0 Å². The Morgan fingerprint density at radius 2 is 1.20 bits per heavy atom. The van der Waals surface area contributed by atoms with Crippen molar-refractivity contribution in [1.29, 1.82) is 0 Å². The van der Waals surface area contributed by atoms with E-state index in [0.29, 0.717) is 0 Å². The average Bonchev–Trinajstić information content (AvgIpc) is 0.918. The van der Waals surface area contributed by atoms with Gasteiger partial charge in [-0.15, -0.1) is 0 Å². The van der Waals surface area contributed by atoms with Crippen molar-refractivity contribution >= 4 is 29.0 Å². The molecule has 0 aliphatic rings. The molecule has 0 aromatic carbocycles. The maximum absolute atomic E-state index is 2.12. The molecule has 0 radical (unpaired) electrons. The molecule has 0 heterocycles. The summed E-state index contributed by atoms with van der Waals surface area (Å²) in [6.45, 7) is 4.25. The Morgan fingerprint density at radius 3 is 1.20 bits per heavy atom. The monoisotopic (exact) mass is 63.1 g/mol. The van der Waals surface area contributed by atoms with Gasteiger partial charge in [0.25, 0.3) is 0 Å². The summed E-state index contributed by atoms with van der Waals surface area (Å²) in [4.78, 5) is 0. The van der Waals surface area contributed by atoms with Crippen LogP contribution in [0.1, 0.15) is 20.3 Å². The Morgan fingerprint density at radius 1 is 1.20 bits per heavy atom. The second-order valence-electron chi connectivity index (χ2n) is 0.707. The van der Waals surface area contributed by atoms with Gasteiger partial charge in [-0.3, -0.25) is 0 Å². The fourth-order valence-electron chi connectivity index (χ4n) is 0. The van der Waals surface area contributed by atoms with Crippen molar-refractivity contribution in [2.75, 3.05) is 0 Å². The molecule has 0 aliphatic heterocycles. The molecule has 0 aromatic rings. The first-order chi connectivity index (χ1) is 1.41. The molecule has 0 aliphatic carbocycles. The van der Waals surface area contributed by atoms with Crippen molar-refractivity contribution in [2.45, 2.75) is 20.3 Å². The molecule has 0 N–H and O–H groups in total. The zero-order valence-corrected chi connectivity index (χ0v) is 2.71. The summed E-state index contributed by atoms with van der Waals surface area (Å²) < 4.78 is 0. The summed E-state index contributed by atoms with van der Waals surface area (Å²) in [6, 6.07) is 0. The Bertz CT molecular complexity index is 6.85. The van der Waals surface area contributed by atoms with E-state index in [0.717, 1.165) is 0 Å². The minimum atomic E-state index is 0. The fraction of sp³-hybridized carbons (Fsp3) is 1.00. The first kappa shape index (κ1) is 17.1. The molecule has 0 rings (SSSR count). The third-order valence-corrected chi connectivity index (χ3v) is 0. The molecule has 0 nitrogen and oxygen atoms in total. The van der Waals surface area contributed by atoms with Crippen molar-refractivity contribution in [2.24, 2.45) is 0 Å². The Labute approximate surface area is 49.7 Å². The zero-order chi connectivity index (χ0) is 2.71. The molecular formula is C3H11BeLi. The van der Waals surface area contributed by atoms with Gasteiger partial charge in [0.1, 0.15) is 0 Å². The van der Waals surface area contributed by atoms with Crippen LogP contribution in [-0.2, 0) is 0 Å². The van der Waals surface area contributed by atoms with Crippen LogP contribution in [0, 0.1) is 0 Å². The van der Waals surface area contributed by atoms with Gasteiger partial charge in [-0.05, 0) is 0 Å². The van der Waals surface area contributed by atoms with Gasteiger partial charge in [0.05, 0.1) is 0 Å². The van der Waals surface area contributed by atoms with E-state index in [-0.39, 0.29) is 29.0 Å². The molecule has 0 saturated heterocycles. The van der Waals surface area contributed by atoms with Crippen LogP contribution in [0.5, 0.6) is 0 Å². The molecule has 0 aromatic heterocycles. The SMILES string of the molecule is CCC.[BeH2].[LiH]. The van der Waals surface area contributed by atoms with Crippen molar-refractivity contribution in [3.8, 4) is 0 Å². The second-order valence-corrected chi connectivity index (χ2v) is 0.707. The number of hydrogen-bond acceptors (Lipinski definition) is 0. The van der Waals surface area contributed by atoms with Gasteiger partial charge in [-0.25, -0.2) is 0 Å². The van der Waals surface area contributed by atoms with E-state index in [4.69, 9.17) is 0 Å². The third kappa shape index (κ3) is 62.1. The summed E-state index contributed by atoms with van der Waals surface area (Å²) >= 11 is 0. The van der Waals surface area contributed by atoms with E-state index >= 15 is 0 Å². The van der Waals surface area contributed by atoms with Crippen molar-refractivity contribution in [3.63, 3.8) is 0 Å². The number of hydrogen-bond donors (Lipinski definition) is 0. The van der Waals surface area contributed by atoms with Gasteiger partial charge in [0, 0.05) is 0 Å². The number of rotatable bonds is 0. The van der Waals surface area contributed by atoms with E-state index < -0.39 is 0 Å². The summed E-state index contributed by atoms with van der Waals surface area (Å²) in [6.07, 6.45) is 1.25. The van der Waals surface area contributed by atoms with Gasteiger partial charge in [-0.1, -0.05) is 20.3 Å². The summed E-state index contributed by atoms with van der Waals surface area (Å²) in [5.41, 5.74) is 0. The van der Waals surface area contributed by atoms with Crippen molar-refractivity contribution in [3.05, 3.63) is 0 Å². The molecule has 5 heavy (non-hydrogen) atoms. The van der Waals surface area contributed by atoms with E-state index in [1.807, 2.05) is 0 Å². The van der Waals surface area contributed by atoms with Crippen LogP contribution in [0.4, 0.5) is 0 Å². The summed E-state index contributed by atoms with van der Waals surface area (Å²) in [7, 11) is 0. The van der Waals surface area contributed by atoms with E-state index in [1.165, 1.54) is 6.42 Å². The molecule has 2 heteroatoms. The quantitative estimate of drug-likeness (QED) is 0.343. The third-order valence-electron chi connectivity index (χ3n) is 0. The standard InChI is InChI=1S/C3H8.Be.Li.3H/c1-3-2;;;;;/h3H2,1-2H3;;;;;. The normalized spacial score (nSPS) is 3.60. The molecule has 0 unspecified atom stereocenters. The topological polar surface area (TPSA) is 0 Å². The average molecular weight is 63.1 g/mol. The van der Waals surface area contributed by atoms with Crippen LogP contribution < -0.4 is 0 Å². The van der Waals surface area contributed by atoms with Crippen LogP contribution in [0.25, 0.3) is 0 Å². The Hall–Kier alpha value is 0.766. The summed E-state index contributed by atoms with van der Waals surface area (Å²) in [5.74, 6) is 0. The second kappa shape index (κ2) is 21.7. The Kier molecular flexibility index (Phi) is 74.2. The van der Waals surface area contributed by atoms with Crippen LogP contribution in [0.3, 0.4) is 0 Å². The summed E-state index contributed by atoms with van der Waals surface area (Å²) in [5, 5.41) is 0. The molecule has 0 bridgehead atoms. The van der Waals surface area contributed by atoms with Crippen molar-refractivity contribution in [1.82, 2.24) is 0 Å². The predicted molar refractivity (Wildman–Crippen MR) is 31.7 cm³/mol. The van der Waals surface area contributed by atoms with Gasteiger partial charge in [0.2, 0.25) is 0 Å². The van der Waals surface area contributed by atoms with Gasteiger partial charge in [0.15, 0.2) is 0 Å². The van der Waals surface area contributed by atoms with Gasteiger partial charge < -0.3 is 0 Å². The predicted octanol–water partition coefficient (Wildman–Crippen LogP) is -0.148. The van der Waals surface area contributed by atoms with Gasteiger partial charge >= 0.3 is 29.0 Å². The molecule has 0 fully saturated rings. The van der Waals surface area contributed by atoms with Crippen LogP contribution >= 0.6 is 0 Å². The first-order valence-corrected chi connectivity index (χ1v) is 1.41. The first-order valence-electron chi connectivity index (χ1n) is 1.41. The molecule has 26 valence electrons. The van der Waals surface area contributed by atoms with Crippen LogP contribution in [-0.4, -0.2) is 29.0 Å². The van der Waals surface area contributed by atoms with E-state index in [1.54, 1.807) is 0 Å². The zero-order valence-electron chi connectivity index (χ0n) is 2.71. The molecule has 0 atom stereocenters. The van der Waals surface area contributed by atoms with E-state index in [9.17, 15) is 0 Å². The molecule has 0 spiro atoms. The Balaban J connectivity index is -0.0000000200. The van der Waals surface area contributed by atoms with Crippen LogP contribution in [0.2, 0.25) is 0 Å². The van der Waals surface area contributed by atoms with Crippen molar-refractivity contribution < 1.29 is 0 Å². The fourth-order valence-corrected chi connectivity index (χ4v) is 0. The minimum absolute atomic E-state index is 0. The molecular weight excluding hydrogens is 52.0 g/mol. The maximum atomic E-state index is 2.12. The van der Waals surface area contributed by atoms with E-state index in [2.05, 4.69) is 13.8 Å². The molecule has 0 saturated carbocycles.